The van der Waals surface area contributed by atoms with Gasteiger partial charge in [-0.25, -0.2) is 0 Å². The summed E-state index contributed by atoms with van der Waals surface area (Å²) in [6.45, 7) is 0.813. The maximum atomic E-state index is 8.98. The van der Waals surface area contributed by atoms with Crippen molar-refractivity contribution in [1.29, 1.82) is 0 Å². The summed E-state index contributed by atoms with van der Waals surface area (Å²) < 4.78 is 5.25. The van der Waals surface area contributed by atoms with Crippen molar-refractivity contribution >= 4 is 5.88 Å². The molecule has 2 heterocycles. The normalized spacial score (nSPS) is 16.6. The molecule has 1 aliphatic rings. The highest BCUT2D eigenvalue weighted by Gasteiger charge is 2.21. The molecule has 1 aromatic heterocycles. The Balaban J connectivity index is 2.15. The molecular weight excluding hydrogens is 168 g/mol. The number of hydrazine groups is 1. The number of anilines is 1. The molecule has 0 amide bonds. The SMILES string of the molecule is CN1C(CO)=CCN1c1ccco1. The van der Waals surface area contributed by atoms with Crippen LogP contribution in [-0.4, -0.2) is 30.3 Å². The van der Waals surface area contributed by atoms with Gasteiger partial charge in [0.05, 0.1) is 25.1 Å². The van der Waals surface area contributed by atoms with Gasteiger partial charge in [-0.1, -0.05) is 0 Å². The number of aliphatic hydroxyl groups is 1. The van der Waals surface area contributed by atoms with Crippen molar-refractivity contribution in [3.8, 4) is 0 Å². The molecule has 0 fully saturated rings. The van der Waals surface area contributed by atoms with Gasteiger partial charge in [0.2, 0.25) is 5.88 Å². The minimum absolute atomic E-state index is 0.0632. The summed E-state index contributed by atoms with van der Waals surface area (Å²) in [7, 11) is 1.90. The first-order chi connectivity index (χ1) is 6.33. The Morgan fingerprint density at radius 1 is 1.62 bits per heavy atom. The van der Waals surface area contributed by atoms with E-state index in [9.17, 15) is 0 Å². The largest absolute Gasteiger partial charge is 0.447 e. The zero-order valence-electron chi connectivity index (χ0n) is 7.47. The lowest BCUT2D eigenvalue weighted by atomic mass is 10.4. The summed E-state index contributed by atoms with van der Waals surface area (Å²) in [6.07, 6.45) is 3.61. The van der Waals surface area contributed by atoms with Gasteiger partial charge in [-0.3, -0.25) is 10.0 Å². The van der Waals surface area contributed by atoms with E-state index < -0.39 is 0 Å². The zero-order valence-corrected chi connectivity index (χ0v) is 7.47. The molecule has 0 aromatic carbocycles. The van der Waals surface area contributed by atoms with Gasteiger partial charge < -0.3 is 9.52 Å². The molecular formula is C9H12N2O2. The van der Waals surface area contributed by atoms with Gasteiger partial charge in [-0.05, 0) is 12.1 Å². The smallest absolute Gasteiger partial charge is 0.214 e. The Labute approximate surface area is 76.6 Å². The van der Waals surface area contributed by atoms with Crippen molar-refractivity contribution in [3.63, 3.8) is 0 Å². The van der Waals surface area contributed by atoms with Crippen LogP contribution in [0.15, 0.2) is 34.6 Å². The number of furan rings is 1. The van der Waals surface area contributed by atoms with Crippen LogP contribution >= 0.6 is 0 Å². The summed E-state index contributed by atoms with van der Waals surface area (Å²) >= 11 is 0. The molecule has 0 saturated carbocycles. The average Bonchev–Trinajstić information content (AvgIpc) is 2.72. The summed E-state index contributed by atoms with van der Waals surface area (Å²) in [4.78, 5) is 0. The van der Waals surface area contributed by atoms with E-state index >= 15 is 0 Å². The molecule has 0 saturated heterocycles. The Kier molecular flexibility index (Phi) is 1.98. The van der Waals surface area contributed by atoms with Gasteiger partial charge in [-0.2, -0.15) is 0 Å². The van der Waals surface area contributed by atoms with Crippen molar-refractivity contribution in [2.75, 3.05) is 25.2 Å². The van der Waals surface area contributed by atoms with Gasteiger partial charge in [0, 0.05) is 13.1 Å². The van der Waals surface area contributed by atoms with E-state index in [1.54, 1.807) is 6.26 Å². The molecule has 70 valence electrons. The van der Waals surface area contributed by atoms with E-state index in [4.69, 9.17) is 9.52 Å². The third kappa shape index (κ3) is 1.29. The first kappa shape index (κ1) is 8.19. The second-order valence-electron chi connectivity index (χ2n) is 2.91. The van der Waals surface area contributed by atoms with Crippen LogP contribution in [0.1, 0.15) is 0 Å². The Morgan fingerprint density at radius 2 is 2.46 bits per heavy atom. The first-order valence-corrected chi connectivity index (χ1v) is 4.17. The van der Waals surface area contributed by atoms with Crippen LogP contribution in [0.5, 0.6) is 0 Å². The van der Waals surface area contributed by atoms with Gasteiger partial charge in [0.25, 0.3) is 0 Å². The van der Waals surface area contributed by atoms with Crippen molar-refractivity contribution < 1.29 is 9.52 Å². The Morgan fingerprint density at radius 3 is 3.00 bits per heavy atom. The molecule has 0 spiro atoms. The molecule has 0 aliphatic carbocycles. The predicted molar refractivity (Wildman–Crippen MR) is 49.0 cm³/mol. The highest BCUT2D eigenvalue weighted by Crippen LogP contribution is 2.22. The lowest BCUT2D eigenvalue weighted by molar-refractivity contribution is 0.273. The second-order valence-corrected chi connectivity index (χ2v) is 2.91. The molecule has 1 aromatic rings. The molecule has 0 bridgehead atoms. The fourth-order valence-corrected chi connectivity index (χ4v) is 1.42. The number of hydrogen-bond acceptors (Lipinski definition) is 4. The summed E-state index contributed by atoms with van der Waals surface area (Å²) in [5.41, 5.74) is 0.899. The molecule has 0 radical (unpaired) electrons. The molecule has 1 aliphatic heterocycles. The maximum absolute atomic E-state index is 8.98. The standard InChI is InChI=1S/C9H12N2O2/c1-10-8(7-12)4-5-11(10)9-3-2-6-13-9/h2-4,6,12H,5,7H2,1H3. The number of nitrogens with zero attached hydrogens (tertiary/aromatic N) is 2. The van der Waals surface area contributed by atoms with Crippen LogP contribution in [0.3, 0.4) is 0 Å². The van der Waals surface area contributed by atoms with Crippen molar-refractivity contribution in [3.05, 3.63) is 30.2 Å². The number of likely N-dealkylation sites (N-methyl/N-ethyl adjacent to an activating group) is 1. The van der Waals surface area contributed by atoms with Crippen LogP contribution in [0.4, 0.5) is 5.88 Å². The van der Waals surface area contributed by atoms with Gasteiger partial charge in [0.1, 0.15) is 0 Å². The van der Waals surface area contributed by atoms with Crippen molar-refractivity contribution in [2.24, 2.45) is 0 Å². The van der Waals surface area contributed by atoms with Crippen LogP contribution in [0, 0.1) is 0 Å². The average molecular weight is 180 g/mol. The maximum Gasteiger partial charge on any atom is 0.214 e. The minimum atomic E-state index is 0.0632. The lowest BCUT2D eigenvalue weighted by Crippen LogP contribution is -2.34. The fraction of sp³-hybridized carbons (Fsp3) is 0.333. The van der Waals surface area contributed by atoms with E-state index in [0.717, 1.165) is 18.1 Å². The topological polar surface area (TPSA) is 39.9 Å². The van der Waals surface area contributed by atoms with Gasteiger partial charge >= 0.3 is 0 Å². The highest BCUT2D eigenvalue weighted by molar-refractivity contribution is 5.38. The monoisotopic (exact) mass is 180 g/mol. The molecule has 13 heavy (non-hydrogen) atoms. The quantitative estimate of drug-likeness (QED) is 0.731. The van der Waals surface area contributed by atoms with E-state index in [0.29, 0.717) is 0 Å². The zero-order chi connectivity index (χ0) is 9.26. The second kappa shape index (κ2) is 3.14. The molecule has 1 N–H and O–H groups in total. The van der Waals surface area contributed by atoms with Crippen molar-refractivity contribution in [2.45, 2.75) is 0 Å². The first-order valence-electron chi connectivity index (χ1n) is 4.17. The minimum Gasteiger partial charge on any atom is -0.447 e. The Hall–Kier alpha value is -1.42. The van der Waals surface area contributed by atoms with Crippen molar-refractivity contribution in [1.82, 2.24) is 5.01 Å². The van der Waals surface area contributed by atoms with Crippen LogP contribution in [-0.2, 0) is 0 Å². The summed E-state index contributed by atoms with van der Waals surface area (Å²) in [6, 6.07) is 3.74. The number of rotatable bonds is 2. The van der Waals surface area contributed by atoms with Crippen LogP contribution in [0.25, 0.3) is 0 Å². The third-order valence-electron chi connectivity index (χ3n) is 2.20. The third-order valence-corrected chi connectivity index (χ3v) is 2.20. The Bertz CT molecular complexity index is 305. The summed E-state index contributed by atoms with van der Waals surface area (Å²) in [5.74, 6) is 0.794. The number of aliphatic hydroxyl groups excluding tert-OH is 1. The predicted octanol–water partition coefficient (Wildman–Crippen LogP) is 0.823. The van der Waals surface area contributed by atoms with Gasteiger partial charge in [0.15, 0.2) is 0 Å². The summed E-state index contributed by atoms with van der Waals surface area (Å²) in [5, 5.41) is 12.8. The van der Waals surface area contributed by atoms with Gasteiger partial charge in [-0.15, -0.1) is 0 Å². The molecule has 0 unspecified atom stereocenters. The molecule has 4 heteroatoms. The van der Waals surface area contributed by atoms with E-state index in [1.165, 1.54) is 0 Å². The number of hydrogen-bond donors (Lipinski definition) is 1. The molecule has 4 nitrogen and oxygen atoms in total. The fourth-order valence-electron chi connectivity index (χ4n) is 1.42. The molecule has 0 atom stereocenters. The van der Waals surface area contributed by atoms with E-state index in [2.05, 4.69) is 0 Å². The lowest BCUT2D eigenvalue weighted by Gasteiger charge is -2.27. The molecule has 2 rings (SSSR count). The highest BCUT2D eigenvalue weighted by atomic mass is 16.4. The van der Waals surface area contributed by atoms with E-state index in [-0.39, 0.29) is 6.61 Å². The van der Waals surface area contributed by atoms with E-state index in [1.807, 2.05) is 35.3 Å². The van der Waals surface area contributed by atoms with Crippen LogP contribution in [0.2, 0.25) is 0 Å². The van der Waals surface area contributed by atoms with Crippen LogP contribution < -0.4 is 5.01 Å².